The van der Waals surface area contributed by atoms with E-state index in [-0.39, 0.29) is 11.5 Å². The first kappa shape index (κ1) is 13.0. The number of hydrogen-bond acceptors (Lipinski definition) is 5. The minimum absolute atomic E-state index is 0.120. The molecule has 0 fully saturated rings. The van der Waals surface area contributed by atoms with Crippen molar-refractivity contribution in [1.82, 2.24) is 9.97 Å². The number of fused-ring (bicyclic) bond motifs is 1. The van der Waals surface area contributed by atoms with Crippen molar-refractivity contribution < 1.29 is 0 Å². The van der Waals surface area contributed by atoms with Gasteiger partial charge in [-0.25, -0.2) is 4.98 Å². The van der Waals surface area contributed by atoms with E-state index in [2.05, 4.69) is 15.3 Å². The molecule has 1 aromatic heterocycles. The Hall–Kier alpha value is -3.02. The van der Waals surface area contributed by atoms with E-state index in [9.17, 15) is 4.79 Å². The van der Waals surface area contributed by atoms with Crippen LogP contribution in [0.1, 0.15) is 5.56 Å². The maximum atomic E-state index is 11.8. The first-order valence-electron chi connectivity index (χ1n) is 6.50. The minimum Gasteiger partial charge on any atom is -0.399 e. The number of rotatable bonds is 3. The molecule has 21 heavy (non-hydrogen) atoms. The number of aromatic nitrogens is 2. The summed E-state index contributed by atoms with van der Waals surface area (Å²) < 4.78 is 0. The van der Waals surface area contributed by atoms with E-state index in [1.165, 1.54) is 0 Å². The third kappa shape index (κ3) is 2.79. The lowest BCUT2D eigenvalue weighted by molar-refractivity contribution is 1.15. The molecular formula is C15H15N5O. The van der Waals surface area contributed by atoms with E-state index in [0.29, 0.717) is 17.4 Å². The predicted molar refractivity (Wildman–Crippen MR) is 85.0 cm³/mol. The van der Waals surface area contributed by atoms with Gasteiger partial charge < -0.3 is 16.8 Å². The SMILES string of the molecule is Nc1ccc(CNc2ccc3nc(N)[nH]c(=O)c3c2)cc1. The normalized spacial score (nSPS) is 10.7. The number of nitrogens with one attached hydrogen (secondary N) is 2. The molecule has 0 aliphatic carbocycles. The Labute approximate surface area is 120 Å². The van der Waals surface area contributed by atoms with Gasteiger partial charge in [-0.15, -0.1) is 0 Å². The van der Waals surface area contributed by atoms with Crippen LogP contribution in [-0.2, 0) is 6.54 Å². The van der Waals surface area contributed by atoms with Crippen molar-refractivity contribution in [1.29, 1.82) is 0 Å². The highest BCUT2D eigenvalue weighted by Gasteiger charge is 2.03. The molecule has 106 valence electrons. The van der Waals surface area contributed by atoms with Gasteiger partial charge in [0.1, 0.15) is 0 Å². The van der Waals surface area contributed by atoms with Gasteiger partial charge in [-0.2, -0.15) is 0 Å². The zero-order chi connectivity index (χ0) is 14.8. The molecule has 0 spiro atoms. The lowest BCUT2D eigenvalue weighted by atomic mass is 10.2. The first-order valence-corrected chi connectivity index (χ1v) is 6.50. The maximum Gasteiger partial charge on any atom is 0.260 e. The second-order valence-electron chi connectivity index (χ2n) is 4.78. The molecule has 0 aliphatic heterocycles. The summed E-state index contributed by atoms with van der Waals surface area (Å²) in [5.41, 5.74) is 14.2. The topological polar surface area (TPSA) is 110 Å². The van der Waals surface area contributed by atoms with Crippen molar-refractivity contribution in [3.8, 4) is 0 Å². The van der Waals surface area contributed by atoms with Crippen molar-refractivity contribution in [2.75, 3.05) is 16.8 Å². The molecular weight excluding hydrogens is 266 g/mol. The van der Waals surface area contributed by atoms with Crippen LogP contribution >= 0.6 is 0 Å². The van der Waals surface area contributed by atoms with Crippen LogP contribution in [0.15, 0.2) is 47.3 Å². The van der Waals surface area contributed by atoms with Gasteiger partial charge in [0.25, 0.3) is 5.56 Å². The lowest BCUT2D eigenvalue weighted by Gasteiger charge is -2.08. The molecule has 2 aromatic carbocycles. The van der Waals surface area contributed by atoms with Crippen LogP contribution in [0, 0.1) is 0 Å². The van der Waals surface area contributed by atoms with Gasteiger partial charge in [0.2, 0.25) is 5.95 Å². The molecule has 6 nitrogen and oxygen atoms in total. The van der Waals surface area contributed by atoms with Crippen LogP contribution in [0.25, 0.3) is 10.9 Å². The predicted octanol–water partition coefficient (Wildman–Crippen LogP) is 1.70. The van der Waals surface area contributed by atoms with Crippen molar-refractivity contribution in [2.45, 2.75) is 6.54 Å². The highest BCUT2D eigenvalue weighted by molar-refractivity contribution is 5.82. The monoisotopic (exact) mass is 281 g/mol. The van der Waals surface area contributed by atoms with Gasteiger partial charge in [-0.3, -0.25) is 9.78 Å². The van der Waals surface area contributed by atoms with Crippen LogP contribution in [0.4, 0.5) is 17.3 Å². The van der Waals surface area contributed by atoms with Gasteiger partial charge in [-0.1, -0.05) is 12.1 Å². The molecule has 1 heterocycles. The second kappa shape index (κ2) is 5.16. The van der Waals surface area contributed by atoms with E-state index < -0.39 is 0 Å². The number of nitrogens with zero attached hydrogens (tertiary/aromatic N) is 1. The Balaban J connectivity index is 1.84. The third-order valence-corrected chi connectivity index (χ3v) is 3.20. The van der Waals surface area contributed by atoms with Gasteiger partial charge in [0.15, 0.2) is 0 Å². The number of nitrogens with two attached hydrogens (primary N) is 2. The third-order valence-electron chi connectivity index (χ3n) is 3.20. The molecule has 0 radical (unpaired) electrons. The molecule has 0 bridgehead atoms. The number of H-pyrrole nitrogens is 1. The van der Waals surface area contributed by atoms with Crippen LogP contribution < -0.4 is 22.3 Å². The summed E-state index contributed by atoms with van der Waals surface area (Å²) >= 11 is 0. The van der Waals surface area contributed by atoms with Crippen molar-refractivity contribution >= 4 is 28.2 Å². The molecule has 0 aliphatic rings. The summed E-state index contributed by atoms with van der Waals surface area (Å²) in [5, 5.41) is 3.77. The Morgan fingerprint density at radius 1 is 1.10 bits per heavy atom. The van der Waals surface area contributed by atoms with Crippen LogP contribution in [0.3, 0.4) is 0 Å². The molecule has 0 amide bonds. The zero-order valence-electron chi connectivity index (χ0n) is 11.3. The fraction of sp³-hybridized carbons (Fsp3) is 0.0667. The van der Waals surface area contributed by atoms with Crippen LogP contribution in [0.2, 0.25) is 0 Å². The van der Waals surface area contributed by atoms with Crippen LogP contribution in [0.5, 0.6) is 0 Å². The first-order chi connectivity index (χ1) is 10.1. The van der Waals surface area contributed by atoms with Crippen molar-refractivity contribution in [3.63, 3.8) is 0 Å². The molecule has 6 N–H and O–H groups in total. The van der Waals surface area contributed by atoms with Gasteiger partial charge in [0, 0.05) is 17.9 Å². The molecule has 3 aromatic rings. The highest BCUT2D eigenvalue weighted by atomic mass is 16.1. The second-order valence-corrected chi connectivity index (χ2v) is 4.78. The number of benzene rings is 2. The standard InChI is InChI=1S/C15H15N5O/c16-10-3-1-9(2-4-10)8-18-11-5-6-13-12(7-11)14(21)20-15(17)19-13/h1-7,18H,8,16H2,(H3,17,19,20,21). The fourth-order valence-corrected chi connectivity index (χ4v) is 2.11. The fourth-order valence-electron chi connectivity index (χ4n) is 2.11. The van der Waals surface area contributed by atoms with E-state index in [1.54, 1.807) is 12.1 Å². The molecule has 3 rings (SSSR count). The van der Waals surface area contributed by atoms with Gasteiger partial charge in [0.05, 0.1) is 10.9 Å². The summed E-state index contributed by atoms with van der Waals surface area (Å²) in [6.45, 7) is 0.645. The lowest BCUT2D eigenvalue weighted by Crippen LogP contribution is -2.11. The van der Waals surface area contributed by atoms with E-state index in [0.717, 1.165) is 16.9 Å². The minimum atomic E-state index is -0.242. The Kier molecular flexibility index (Phi) is 3.19. The number of nitrogen functional groups attached to an aromatic ring is 2. The van der Waals surface area contributed by atoms with E-state index >= 15 is 0 Å². The number of hydrogen-bond donors (Lipinski definition) is 4. The summed E-state index contributed by atoms with van der Waals surface area (Å²) in [5.74, 6) is 0.120. The summed E-state index contributed by atoms with van der Waals surface area (Å²) in [6.07, 6.45) is 0. The highest BCUT2D eigenvalue weighted by Crippen LogP contribution is 2.16. The smallest absolute Gasteiger partial charge is 0.260 e. The molecule has 0 unspecified atom stereocenters. The molecule has 0 saturated heterocycles. The van der Waals surface area contributed by atoms with Crippen molar-refractivity contribution in [3.05, 3.63) is 58.4 Å². The van der Waals surface area contributed by atoms with Crippen molar-refractivity contribution in [2.24, 2.45) is 0 Å². The Morgan fingerprint density at radius 3 is 2.62 bits per heavy atom. The largest absolute Gasteiger partial charge is 0.399 e. The average Bonchev–Trinajstić information content (AvgIpc) is 2.47. The number of anilines is 3. The summed E-state index contributed by atoms with van der Waals surface area (Å²) in [7, 11) is 0. The Morgan fingerprint density at radius 2 is 1.86 bits per heavy atom. The quantitative estimate of drug-likeness (QED) is 0.546. The number of aromatic amines is 1. The van der Waals surface area contributed by atoms with Gasteiger partial charge >= 0.3 is 0 Å². The summed E-state index contributed by atoms with van der Waals surface area (Å²) in [4.78, 5) is 18.4. The van der Waals surface area contributed by atoms with Crippen LogP contribution in [-0.4, -0.2) is 9.97 Å². The maximum absolute atomic E-state index is 11.8. The zero-order valence-corrected chi connectivity index (χ0v) is 11.3. The van der Waals surface area contributed by atoms with E-state index in [4.69, 9.17) is 11.5 Å². The molecule has 0 atom stereocenters. The molecule has 0 saturated carbocycles. The van der Waals surface area contributed by atoms with Gasteiger partial charge in [-0.05, 0) is 35.9 Å². The Bertz CT molecular complexity index is 839. The van der Waals surface area contributed by atoms with E-state index in [1.807, 2.05) is 30.3 Å². The molecule has 6 heteroatoms. The average molecular weight is 281 g/mol. The summed E-state index contributed by atoms with van der Waals surface area (Å²) in [6, 6.07) is 13.0.